The van der Waals surface area contributed by atoms with Crippen LogP contribution >= 0.6 is 0 Å². The number of fused-ring (bicyclic) bond motifs is 1. The van der Waals surface area contributed by atoms with Crippen LogP contribution in [0.3, 0.4) is 0 Å². The Kier molecular flexibility index (Phi) is 6.70. The molecule has 2 aromatic heterocycles. The van der Waals surface area contributed by atoms with Crippen molar-refractivity contribution < 1.29 is 4.74 Å². The molecular weight excluding hydrogens is 290 g/mol. The molecule has 0 aliphatic carbocycles. The Hall–Kier alpha value is -1.76. The highest BCUT2D eigenvalue weighted by Gasteiger charge is 2.14. The van der Waals surface area contributed by atoms with E-state index in [4.69, 9.17) is 10.6 Å². The van der Waals surface area contributed by atoms with Crippen molar-refractivity contribution in [3.8, 4) is 5.88 Å². The van der Waals surface area contributed by atoms with E-state index in [1.165, 1.54) is 5.56 Å². The monoisotopic (exact) mass is 317 g/mol. The zero-order valence-corrected chi connectivity index (χ0v) is 14.3. The highest BCUT2D eigenvalue weighted by atomic mass is 16.5. The molecule has 0 unspecified atom stereocenters. The summed E-state index contributed by atoms with van der Waals surface area (Å²) in [4.78, 5) is 11.3. The lowest BCUT2D eigenvalue weighted by atomic mass is 10.1. The lowest BCUT2D eigenvalue weighted by Crippen LogP contribution is -2.49. The fourth-order valence-corrected chi connectivity index (χ4v) is 2.64. The van der Waals surface area contributed by atoms with Crippen molar-refractivity contribution in [2.75, 3.05) is 39.8 Å². The summed E-state index contributed by atoms with van der Waals surface area (Å²) in [6.45, 7) is 8.94. The number of methoxy groups -OCH3 is 1. The Morgan fingerprint density at radius 1 is 1.13 bits per heavy atom. The van der Waals surface area contributed by atoms with Crippen molar-refractivity contribution in [3.63, 3.8) is 0 Å². The normalized spacial score (nSPS) is 16.0. The maximum absolute atomic E-state index is 5.79. The summed E-state index contributed by atoms with van der Waals surface area (Å²) in [6.07, 6.45) is 2.81. The molecule has 0 amide bonds. The molecule has 0 saturated carbocycles. The van der Waals surface area contributed by atoms with Crippen LogP contribution in [0.15, 0.2) is 24.4 Å². The van der Waals surface area contributed by atoms with Crippen LogP contribution < -0.4 is 10.6 Å². The van der Waals surface area contributed by atoms with Crippen molar-refractivity contribution in [1.82, 2.24) is 19.9 Å². The summed E-state index contributed by atoms with van der Waals surface area (Å²) in [6, 6.07) is 5.85. The fourth-order valence-electron chi connectivity index (χ4n) is 2.64. The molecule has 0 radical (unpaired) electrons. The zero-order valence-electron chi connectivity index (χ0n) is 14.3. The average Bonchev–Trinajstić information content (AvgIpc) is 2.62. The van der Waals surface area contributed by atoms with Crippen LogP contribution in [0.25, 0.3) is 11.0 Å². The van der Waals surface area contributed by atoms with Crippen molar-refractivity contribution >= 4 is 11.0 Å². The number of pyridine rings is 2. The van der Waals surface area contributed by atoms with Gasteiger partial charge in [-0.2, -0.15) is 0 Å². The molecule has 0 bridgehead atoms. The molecule has 126 valence electrons. The number of aromatic nitrogens is 2. The maximum Gasteiger partial charge on any atom is 0.213 e. The van der Waals surface area contributed by atoms with Gasteiger partial charge in [-0.1, -0.05) is 13.8 Å². The van der Waals surface area contributed by atoms with E-state index in [1.54, 1.807) is 7.11 Å². The van der Waals surface area contributed by atoms with Gasteiger partial charge in [0.2, 0.25) is 5.88 Å². The summed E-state index contributed by atoms with van der Waals surface area (Å²) < 4.78 is 5.21. The smallest absolute Gasteiger partial charge is 0.213 e. The summed E-state index contributed by atoms with van der Waals surface area (Å²) in [5.41, 5.74) is 3.07. The molecule has 0 aromatic carbocycles. The molecule has 3 heterocycles. The van der Waals surface area contributed by atoms with E-state index in [-0.39, 0.29) is 0 Å². The molecule has 6 heteroatoms. The van der Waals surface area contributed by atoms with Crippen LogP contribution in [0, 0.1) is 0 Å². The van der Waals surface area contributed by atoms with E-state index in [1.807, 2.05) is 43.3 Å². The Bertz CT molecular complexity index is 611. The van der Waals surface area contributed by atoms with Crippen LogP contribution in [0.1, 0.15) is 19.4 Å². The Labute approximate surface area is 138 Å². The summed E-state index contributed by atoms with van der Waals surface area (Å²) >= 11 is 0. The van der Waals surface area contributed by atoms with E-state index in [9.17, 15) is 0 Å². The first-order chi connectivity index (χ1) is 11.3. The summed E-state index contributed by atoms with van der Waals surface area (Å²) in [5.74, 6) is 6.42. The molecule has 23 heavy (non-hydrogen) atoms. The van der Waals surface area contributed by atoms with Gasteiger partial charge in [0.25, 0.3) is 0 Å². The molecule has 2 aromatic rings. The SMILES string of the molecule is CC.COc1ccc2nccc(CCN3CCN(N)CC3)c2n1. The van der Waals surface area contributed by atoms with Gasteiger partial charge in [-0.15, -0.1) is 0 Å². The second-order valence-corrected chi connectivity index (χ2v) is 5.32. The Morgan fingerprint density at radius 3 is 2.57 bits per heavy atom. The van der Waals surface area contributed by atoms with Crippen LogP contribution in [-0.4, -0.2) is 59.7 Å². The maximum atomic E-state index is 5.79. The minimum atomic E-state index is 0.633. The molecular formula is C17H27N5O. The molecule has 1 saturated heterocycles. The lowest BCUT2D eigenvalue weighted by molar-refractivity contribution is 0.135. The van der Waals surface area contributed by atoms with Crippen LogP contribution in [-0.2, 0) is 6.42 Å². The first-order valence-corrected chi connectivity index (χ1v) is 8.27. The third-order valence-corrected chi connectivity index (χ3v) is 3.96. The van der Waals surface area contributed by atoms with E-state index >= 15 is 0 Å². The van der Waals surface area contributed by atoms with Gasteiger partial charge >= 0.3 is 0 Å². The number of nitrogens with zero attached hydrogens (tertiary/aromatic N) is 4. The number of hydrogen-bond donors (Lipinski definition) is 1. The van der Waals surface area contributed by atoms with Crippen LogP contribution in [0.4, 0.5) is 0 Å². The van der Waals surface area contributed by atoms with Gasteiger partial charge in [0.15, 0.2) is 0 Å². The molecule has 3 rings (SSSR count). The number of rotatable bonds is 4. The summed E-state index contributed by atoms with van der Waals surface area (Å²) in [7, 11) is 1.64. The van der Waals surface area contributed by atoms with Gasteiger partial charge in [0, 0.05) is 45.0 Å². The second kappa shape index (κ2) is 8.76. The minimum Gasteiger partial charge on any atom is -0.481 e. The van der Waals surface area contributed by atoms with E-state index in [2.05, 4.69) is 14.9 Å². The van der Waals surface area contributed by atoms with Gasteiger partial charge in [-0.05, 0) is 24.1 Å². The number of piperazine rings is 1. The molecule has 1 aliphatic rings. The third-order valence-electron chi connectivity index (χ3n) is 3.96. The predicted octanol–water partition coefficient (Wildman–Crippen LogP) is 1.70. The topological polar surface area (TPSA) is 67.5 Å². The predicted molar refractivity (Wildman–Crippen MR) is 93.3 cm³/mol. The van der Waals surface area contributed by atoms with E-state index < -0.39 is 0 Å². The number of ether oxygens (including phenoxy) is 1. The highest BCUT2D eigenvalue weighted by Crippen LogP contribution is 2.19. The van der Waals surface area contributed by atoms with Gasteiger partial charge in [0.05, 0.1) is 18.1 Å². The second-order valence-electron chi connectivity index (χ2n) is 5.32. The third kappa shape index (κ3) is 4.60. The molecule has 1 aliphatic heterocycles. The highest BCUT2D eigenvalue weighted by molar-refractivity contribution is 5.78. The van der Waals surface area contributed by atoms with Gasteiger partial charge < -0.3 is 9.64 Å². The molecule has 1 fully saturated rings. The Morgan fingerprint density at radius 2 is 1.87 bits per heavy atom. The quantitative estimate of drug-likeness (QED) is 0.866. The number of hydrogen-bond acceptors (Lipinski definition) is 6. The number of hydrazine groups is 1. The molecule has 0 spiro atoms. The van der Waals surface area contributed by atoms with Gasteiger partial charge in [-0.3, -0.25) is 10.8 Å². The first kappa shape index (κ1) is 17.6. The van der Waals surface area contributed by atoms with Crippen molar-refractivity contribution in [2.45, 2.75) is 20.3 Å². The molecule has 6 nitrogen and oxygen atoms in total. The van der Waals surface area contributed by atoms with Crippen molar-refractivity contribution in [1.29, 1.82) is 0 Å². The van der Waals surface area contributed by atoms with Gasteiger partial charge in [0.1, 0.15) is 0 Å². The molecule has 0 atom stereocenters. The largest absolute Gasteiger partial charge is 0.481 e. The Balaban J connectivity index is 0.000000924. The molecule has 2 N–H and O–H groups in total. The number of nitrogens with two attached hydrogens (primary N) is 1. The van der Waals surface area contributed by atoms with E-state index in [0.717, 1.165) is 50.2 Å². The minimum absolute atomic E-state index is 0.633. The van der Waals surface area contributed by atoms with Crippen molar-refractivity contribution in [3.05, 3.63) is 30.0 Å². The van der Waals surface area contributed by atoms with Gasteiger partial charge in [-0.25, -0.2) is 9.99 Å². The fraction of sp³-hybridized carbons (Fsp3) is 0.529. The van der Waals surface area contributed by atoms with Crippen LogP contribution in [0.5, 0.6) is 5.88 Å². The standard InChI is InChI=1S/C15H21N5O.C2H6/c1-21-14-3-2-13-15(18-14)12(4-6-17-13)5-7-19-8-10-20(16)11-9-19;1-2/h2-4,6H,5,7-11,16H2,1H3;1-2H3. The summed E-state index contributed by atoms with van der Waals surface area (Å²) in [5, 5.41) is 1.88. The first-order valence-electron chi connectivity index (χ1n) is 8.27. The lowest BCUT2D eigenvalue weighted by Gasteiger charge is -2.31. The zero-order chi connectivity index (χ0) is 16.7. The van der Waals surface area contributed by atoms with E-state index in [0.29, 0.717) is 5.88 Å². The van der Waals surface area contributed by atoms with Crippen LogP contribution in [0.2, 0.25) is 0 Å². The van der Waals surface area contributed by atoms with Crippen molar-refractivity contribution in [2.24, 2.45) is 5.84 Å². The average molecular weight is 317 g/mol.